The van der Waals surface area contributed by atoms with E-state index < -0.39 is 41.4 Å². The summed E-state index contributed by atoms with van der Waals surface area (Å²) < 4.78 is 87.5. The Bertz CT molecular complexity index is 1260. The van der Waals surface area contributed by atoms with E-state index in [1.54, 1.807) is 0 Å². The Balaban J connectivity index is 1.71. The summed E-state index contributed by atoms with van der Waals surface area (Å²) in [6.45, 7) is 0.649. The minimum absolute atomic E-state index is 0.122. The van der Waals surface area contributed by atoms with Gasteiger partial charge in [0.15, 0.2) is 11.9 Å². The molecule has 2 amide bonds. The van der Waals surface area contributed by atoms with E-state index in [2.05, 4.69) is 16.0 Å². The van der Waals surface area contributed by atoms with Crippen molar-refractivity contribution in [1.82, 2.24) is 10.2 Å². The van der Waals surface area contributed by atoms with Gasteiger partial charge in [0.1, 0.15) is 11.9 Å². The number of nitrogens with zero attached hydrogens (tertiary/aromatic N) is 1. The van der Waals surface area contributed by atoms with E-state index in [1.165, 1.54) is 11.0 Å². The summed E-state index contributed by atoms with van der Waals surface area (Å²) in [5.41, 5.74) is 7.86. The third-order valence-electron chi connectivity index (χ3n) is 5.54. The largest absolute Gasteiger partial charge is 0.488 e. The molecule has 0 aliphatic carbocycles. The summed E-state index contributed by atoms with van der Waals surface area (Å²) in [6, 6.07) is 4.88. The first kappa shape index (κ1) is 30.5. The fraction of sp³-hybridized carbons (Fsp3) is 0.348. The van der Waals surface area contributed by atoms with Gasteiger partial charge in [-0.15, -0.1) is 11.8 Å². The molecule has 0 saturated carbocycles. The van der Waals surface area contributed by atoms with E-state index in [9.17, 15) is 31.1 Å². The predicted molar refractivity (Wildman–Crippen MR) is 139 cm³/mol. The molecule has 0 aromatic heterocycles. The van der Waals surface area contributed by atoms with Gasteiger partial charge >= 0.3 is 18.4 Å². The van der Waals surface area contributed by atoms with Crippen molar-refractivity contribution in [3.8, 4) is 5.75 Å². The molecule has 0 radical (unpaired) electrons. The molecule has 1 fully saturated rings. The average Bonchev–Trinajstić information content (AvgIpc) is 3.31. The van der Waals surface area contributed by atoms with Crippen LogP contribution in [0, 0.1) is 10.8 Å². The van der Waals surface area contributed by atoms with Crippen LogP contribution in [-0.2, 0) is 12.4 Å². The maximum absolute atomic E-state index is 13.7. The molecule has 0 spiro atoms. The van der Waals surface area contributed by atoms with Gasteiger partial charge in [0.25, 0.3) is 0 Å². The SMILES string of the molecule is N=C(N)NCCSc1ccc(NC(=O)Nc2ccc(O[C@@H]3CCN(C(=N)N)C3)c(C(F)(F)F)c2)cc1C(F)(F)F. The number of ether oxygens (including phenoxy) is 1. The standard InChI is InChI=1S/C23H26F6N8O2S/c24-22(25,26)15-9-12(1-3-17(15)39-14-5-7-37(11-14)20(32)33)35-21(38)36-13-2-4-18(16(10-13)23(27,28)29)40-8-6-34-19(30)31/h1-4,9-10,14H,5-8,11H2,(H3,32,33)(H4,30,31,34)(H2,35,36,38)/t14-/m1/s1. The van der Waals surface area contributed by atoms with Gasteiger partial charge in [-0.2, -0.15) is 26.3 Å². The topological polar surface area (TPSA) is 165 Å². The zero-order chi connectivity index (χ0) is 29.7. The number of hydrogen-bond acceptors (Lipinski definition) is 5. The number of guanidine groups is 2. The van der Waals surface area contributed by atoms with Crippen LogP contribution in [0.3, 0.4) is 0 Å². The van der Waals surface area contributed by atoms with Crippen LogP contribution < -0.4 is 32.2 Å². The number of rotatable bonds is 8. The lowest BCUT2D eigenvalue weighted by Gasteiger charge is -2.20. The average molecular weight is 593 g/mol. The highest BCUT2D eigenvalue weighted by Crippen LogP contribution is 2.40. The Morgan fingerprint density at radius 3 is 2.15 bits per heavy atom. The lowest BCUT2D eigenvalue weighted by atomic mass is 10.1. The van der Waals surface area contributed by atoms with Crippen molar-refractivity contribution in [3.05, 3.63) is 47.5 Å². The number of thioether (sulfide) groups is 1. The molecule has 1 saturated heterocycles. The highest BCUT2D eigenvalue weighted by atomic mass is 32.2. The molecule has 10 nitrogen and oxygen atoms in total. The summed E-state index contributed by atoms with van der Waals surface area (Å²) in [7, 11) is 0. The molecule has 0 bridgehead atoms. The van der Waals surface area contributed by atoms with Crippen LogP contribution in [0.4, 0.5) is 42.5 Å². The lowest BCUT2D eigenvalue weighted by Crippen LogP contribution is -2.35. The van der Waals surface area contributed by atoms with Gasteiger partial charge in [0, 0.05) is 41.5 Å². The zero-order valence-corrected chi connectivity index (χ0v) is 21.5. The third-order valence-corrected chi connectivity index (χ3v) is 6.62. The molecule has 1 heterocycles. The van der Waals surface area contributed by atoms with Gasteiger partial charge in [-0.1, -0.05) is 0 Å². The van der Waals surface area contributed by atoms with Crippen molar-refractivity contribution in [2.24, 2.45) is 11.5 Å². The van der Waals surface area contributed by atoms with Crippen molar-refractivity contribution in [1.29, 1.82) is 10.8 Å². The minimum atomic E-state index is -4.84. The van der Waals surface area contributed by atoms with Crippen LogP contribution in [0.15, 0.2) is 41.3 Å². The number of hydrogen-bond donors (Lipinski definition) is 7. The molecule has 9 N–H and O–H groups in total. The summed E-state index contributed by atoms with van der Waals surface area (Å²) in [4.78, 5) is 13.8. The van der Waals surface area contributed by atoms with E-state index >= 15 is 0 Å². The van der Waals surface area contributed by atoms with E-state index in [-0.39, 0.29) is 47.0 Å². The first-order valence-electron chi connectivity index (χ1n) is 11.6. The van der Waals surface area contributed by atoms with E-state index in [0.717, 1.165) is 30.0 Å². The third kappa shape index (κ3) is 8.49. The highest BCUT2D eigenvalue weighted by Gasteiger charge is 2.37. The molecule has 2 aromatic rings. The smallest absolute Gasteiger partial charge is 0.420 e. The number of amides is 2. The number of nitrogens with one attached hydrogen (secondary N) is 5. The second-order valence-corrected chi connectivity index (χ2v) is 9.68. The number of anilines is 2. The van der Waals surface area contributed by atoms with Gasteiger partial charge in [-0.05, 0) is 36.4 Å². The first-order chi connectivity index (χ1) is 18.6. The monoisotopic (exact) mass is 592 g/mol. The van der Waals surface area contributed by atoms with Crippen LogP contribution in [-0.4, -0.2) is 54.3 Å². The van der Waals surface area contributed by atoms with Gasteiger partial charge < -0.3 is 37.1 Å². The van der Waals surface area contributed by atoms with Gasteiger partial charge in [-0.3, -0.25) is 10.8 Å². The Labute approximate surface area is 228 Å². The Kier molecular flexibility index (Phi) is 9.49. The lowest BCUT2D eigenvalue weighted by molar-refractivity contribution is -0.140. The molecule has 3 rings (SSSR count). The van der Waals surface area contributed by atoms with Crippen LogP contribution in [0.5, 0.6) is 5.75 Å². The number of urea groups is 1. The molecule has 40 heavy (non-hydrogen) atoms. The molecule has 2 aromatic carbocycles. The van der Waals surface area contributed by atoms with Crippen molar-refractivity contribution < 1.29 is 35.9 Å². The van der Waals surface area contributed by atoms with Crippen molar-refractivity contribution in [2.45, 2.75) is 29.8 Å². The fourth-order valence-corrected chi connectivity index (χ4v) is 4.67. The van der Waals surface area contributed by atoms with Crippen LogP contribution in [0.2, 0.25) is 0 Å². The Hall–Kier alpha value is -4.02. The number of likely N-dealkylation sites (tertiary alicyclic amines) is 1. The quantitative estimate of drug-likeness (QED) is 0.0790. The van der Waals surface area contributed by atoms with Crippen LogP contribution in [0.1, 0.15) is 17.5 Å². The summed E-state index contributed by atoms with van der Waals surface area (Å²) in [6.07, 6.45) is -9.87. The maximum Gasteiger partial charge on any atom is 0.420 e. The molecule has 1 aliphatic rings. The maximum atomic E-state index is 13.7. The number of nitrogens with two attached hydrogens (primary N) is 2. The molecule has 1 aliphatic heterocycles. The summed E-state index contributed by atoms with van der Waals surface area (Å²) in [5.74, 6) is -0.838. The van der Waals surface area contributed by atoms with E-state index in [0.29, 0.717) is 25.1 Å². The van der Waals surface area contributed by atoms with Crippen LogP contribution in [0.25, 0.3) is 0 Å². The van der Waals surface area contributed by atoms with Gasteiger partial charge in [-0.25, -0.2) is 4.79 Å². The van der Waals surface area contributed by atoms with E-state index in [1.807, 2.05) is 0 Å². The first-order valence-corrected chi connectivity index (χ1v) is 12.6. The van der Waals surface area contributed by atoms with Crippen LogP contribution >= 0.6 is 11.8 Å². The molecule has 218 valence electrons. The van der Waals surface area contributed by atoms with E-state index in [4.69, 9.17) is 27.0 Å². The Morgan fingerprint density at radius 2 is 1.60 bits per heavy atom. The number of benzene rings is 2. The molecular weight excluding hydrogens is 566 g/mol. The second kappa shape index (κ2) is 12.4. The van der Waals surface area contributed by atoms with Crippen molar-refractivity contribution >= 4 is 41.1 Å². The number of carbonyl (C=O) groups excluding carboxylic acids is 1. The number of alkyl halides is 6. The highest BCUT2D eigenvalue weighted by molar-refractivity contribution is 7.99. The molecule has 0 unspecified atom stereocenters. The molecular formula is C23H26F6N8O2S. The zero-order valence-electron chi connectivity index (χ0n) is 20.7. The fourth-order valence-electron chi connectivity index (χ4n) is 3.75. The number of halogens is 6. The summed E-state index contributed by atoms with van der Waals surface area (Å²) >= 11 is 0.863. The minimum Gasteiger partial charge on any atom is -0.488 e. The van der Waals surface area contributed by atoms with Crippen molar-refractivity contribution in [2.75, 3.05) is 36.0 Å². The number of carbonyl (C=O) groups is 1. The van der Waals surface area contributed by atoms with Gasteiger partial charge in [0.05, 0.1) is 17.7 Å². The van der Waals surface area contributed by atoms with Crippen molar-refractivity contribution in [3.63, 3.8) is 0 Å². The predicted octanol–water partition coefficient (Wildman–Crippen LogP) is 4.29. The molecule has 17 heteroatoms. The second-order valence-electron chi connectivity index (χ2n) is 8.55. The van der Waals surface area contributed by atoms with Gasteiger partial charge in [0.2, 0.25) is 0 Å². The Morgan fingerprint density at radius 1 is 1.00 bits per heavy atom. The molecule has 1 atom stereocenters. The summed E-state index contributed by atoms with van der Waals surface area (Å²) in [5, 5.41) is 21.4. The normalized spacial score (nSPS) is 15.4.